The third-order valence-electron chi connectivity index (χ3n) is 3.70. The van der Waals surface area contributed by atoms with E-state index in [9.17, 15) is 9.59 Å². The highest BCUT2D eigenvalue weighted by molar-refractivity contribution is 5.84. The molecule has 2 saturated heterocycles. The van der Waals surface area contributed by atoms with Crippen molar-refractivity contribution in [1.82, 2.24) is 4.90 Å². The highest BCUT2D eigenvalue weighted by Crippen LogP contribution is 2.32. The number of nitrogens with zero attached hydrogens (tertiary/aromatic N) is 1. The van der Waals surface area contributed by atoms with Gasteiger partial charge >= 0.3 is 5.97 Å². The summed E-state index contributed by atoms with van der Waals surface area (Å²) in [6, 6.07) is 7.49. The maximum Gasteiger partial charge on any atom is 0.308 e. The van der Waals surface area contributed by atoms with Crippen LogP contribution in [0.1, 0.15) is 18.4 Å². The van der Waals surface area contributed by atoms with E-state index in [4.69, 9.17) is 9.47 Å². The molecule has 1 aromatic carbocycles. The van der Waals surface area contributed by atoms with Crippen molar-refractivity contribution in [3.63, 3.8) is 0 Å². The number of benzene rings is 1. The smallest absolute Gasteiger partial charge is 0.308 e. The number of carbonyl (C=O) groups excluding carboxylic acids is 2. The maximum atomic E-state index is 11.9. The molecule has 100 valence electrons. The van der Waals surface area contributed by atoms with Crippen molar-refractivity contribution in [3.05, 3.63) is 29.8 Å². The molecule has 2 heterocycles. The van der Waals surface area contributed by atoms with Gasteiger partial charge in [-0.2, -0.15) is 0 Å². The van der Waals surface area contributed by atoms with E-state index in [0.29, 0.717) is 19.4 Å². The number of methoxy groups -OCH3 is 1. The summed E-state index contributed by atoms with van der Waals surface area (Å²) in [6.45, 7) is 0.515. The minimum atomic E-state index is -0.252. The van der Waals surface area contributed by atoms with E-state index in [1.165, 1.54) is 0 Å². The normalized spacial score (nSPS) is 25.4. The van der Waals surface area contributed by atoms with E-state index in [1.54, 1.807) is 12.0 Å². The first-order valence-corrected chi connectivity index (χ1v) is 6.29. The number of carbonyl (C=O) groups is 2. The zero-order valence-electron chi connectivity index (χ0n) is 10.7. The van der Waals surface area contributed by atoms with Crippen LogP contribution in [0.3, 0.4) is 0 Å². The Morgan fingerprint density at radius 2 is 2.00 bits per heavy atom. The Labute approximate surface area is 111 Å². The lowest BCUT2D eigenvalue weighted by atomic mass is 10.1. The minimum Gasteiger partial charge on any atom is -0.497 e. The Morgan fingerprint density at radius 1 is 1.26 bits per heavy atom. The summed E-state index contributed by atoms with van der Waals surface area (Å²) in [5, 5.41) is 0. The highest BCUT2D eigenvalue weighted by Gasteiger charge is 2.47. The second kappa shape index (κ2) is 4.57. The molecule has 1 amide bonds. The van der Waals surface area contributed by atoms with Gasteiger partial charge in [0.15, 0.2) is 0 Å². The van der Waals surface area contributed by atoms with E-state index in [1.807, 2.05) is 24.3 Å². The summed E-state index contributed by atoms with van der Waals surface area (Å²) in [7, 11) is 1.62. The van der Waals surface area contributed by atoms with Crippen molar-refractivity contribution in [1.29, 1.82) is 0 Å². The van der Waals surface area contributed by atoms with Crippen LogP contribution in [-0.2, 0) is 20.9 Å². The van der Waals surface area contributed by atoms with Crippen LogP contribution >= 0.6 is 0 Å². The molecular formula is C14H15NO4. The van der Waals surface area contributed by atoms with Gasteiger partial charge in [-0.3, -0.25) is 9.59 Å². The molecule has 0 aromatic heterocycles. The number of rotatable bonds is 3. The standard InChI is InChI=1S/C14H15NO4/c1-18-10-4-2-9(3-5-10)8-15-11-6-14(17)19-12(11)7-13(15)16/h2-5,11-12H,6-8H2,1H3/t11-,12-/m1/s1. The van der Waals surface area contributed by atoms with Gasteiger partial charge in [-0.1, -0.05) is 12.1 Å². The fraction of sp³-hybridized carbons (Fsp3) is 0.429. The number of hydrogen-bond donors (Lipinski definition) is 0. The average molecular weight is 261 g/mol. The molecule has 0 unspecified atom stereocenters. The third-order valence-corrected chi connectivity index (χ3v) is 3.70. The monoisotopic (exact) mass is 261 g/mol. The molecule has 19 heavy (non-hydrogen) atoms. The second-order valence-corrected chi connectivity index (χ2v) is 4.87. The molecule has 0 aliphatic carbocycles. The van der Waals surface area contributed by atoms with E-state index < -0.39 is 0 Å². The Hall–Kier alpha value is -2.04. The van der Waals surface area contributed by atoms with Crippen LogP contribution in [0.5, 0.6) is 5.75 Å². The number of ether oxygens (including phenoxy) is 2. The molecule has 2 aliphatic rings. The molecule has 0 spiro atoms. The molecule has 0 bridgehead atoms. The molecule has 2 aliphatic heterocycles. The Balaban J connectivity index is 1.74. The largest absolute Gasteiger partial charge is 0.497 e. The van der Waals surface area contributed by atoms with Crippen LogP contribution in [-0.4, -0.2) is 36.0 Å². The summed E-state index contributed by atoms with van der Waals surface area (Å²) in [5.41, 5.74) is 1.02. The Kier molecular flexibility index (Phi) is 2.89. The van der Waals surface area contributed by atoms with Gasteiger partial charge in [-0.15, -0.1) is 0 Å². The fourth-order valence-electron chi connectivity index (χ4n) is 2.69. The molecule has 2 atom stereocenters. The molecule has 2 fully saturated rings. The zero-order chi connectivity index (χ0) is 13.4. The van der Waals surface area contributed by atoms with Crippen molar-refractivity contribution in [3.8, 4) is 5.75 Å². The molecule has 5 heteroatoms. The predicted octanol–water partition coefficient (Wildman–Crippen LogP) is 1.11. The van der Waals surface area contributed by atoms with Gasteiger partial charge in [-0.25, -0.2) is 0 Å². The summed E-state index contributed by atoms with van der Waals surface area (Å²) >= 11 is 0. The van der Waals surface area contributed by atoms with Gasteiger partial charge in [0.2, 0.25) is 5.91 Å². The van der Waals surface area contributed by atoms with Crippen LogP contribution in [0.25, 0.3) is 0 Å². The predicted molar refractivity (Wildman–Crippen MR) is 66.4 cm³/mol. The number of esters is 1. The Bertz CT molecular complexity index is 511. The summed E-state index contributed by atoms with van der Waals surface area (Å²) in [6.07, 6.45) is 0.373. The van der Waals surface area contributed by atoms with Crippen LogP contribution in [0.4, 0.5) is 0 Å². The Morgan fingerprint density at radius 3 is 2.68 bits per heavy atom. The number of fused-ring (bicyclic) bond motifs is 1. The lowest BCUT2D eigenvalue weighted by molar-refractivity contribution is -0.142. The van der Waals surface area contributed by atoms with Crippen molar-refractivity contribution < 1.29 is 19.1 Å². The molecule has 0 saturated carbocycles. The van der Waals surface area contributed by atoms with Crippen LogP contribution in [0, 0.1) is 0 Å². The van der Waals surface area contributed by atoms with Gasteiger partial charge in [-0.05, 0) is 17.7 Å². The number of hydrogen-bond acceptors (Lipinski definition) is 4. The molecular weight excluding hydrogens is 246 g/mol. The number of likely N-dealkylation sites (tertiary alicyclic amines) is 1. The first-order valence-electron chi connectivity index (χ1n) is 6.29. The van der Waals surface area contributed by atoms with Crippen molar-refractivity contribution in [2.75, 3.05) is 7.11 Å². The first-order chi connectivity index (χ1) is 9.17. The third kappa shape index (κ3) is 2.16. The van der Waals surface area contributed by atoms with Crippen molar-refractivity contribution in [2.24, 2.45) is 0 Å². The number of amides is 1. The first kappa shape index (κ1) is 12.0. The quantitative estimate of drug-likeness (QED) is 0.765. The molecule has 0 radical (unpaired) electrons. The van der Waals surface area contributed by atoms with Gasteiger partial charge in [0, 0.05) is 6.54 Å². The van der Waals surface area contributed by atoms with Crippen molar-refractivity contribution >= 4 is 11.9 Å². The second-order valence-electron chi connectivity index (χ2n) is 4.87. The SMILES string of the molecule is COc1ccc(CN2C(=O)C[C@H]3OC(=O)C[C@H]32)cc1. The fourth-order valence-corrected chi connectivity index (χ4v) is 2.69. The zero-order valence-corrected chi connectivity index (χ0v) is 10.7. The van der Waals surface area contributed by atoms with E-state index in [2.05, 4.69) is 0 Å². The maximum absolute atomic E-state index is 11.9. The highest BCUT2D eigenvalue weighted by atomic mass is 16.6. The average Bonchev–Trinajstić information content (AvgIpc) is 2.88. The van der Waals surface area contributed by atoms with E-state index in [-0.39, 0.29) is 24.0 Å². The van der Waals surface area contributed by atoms with Gasteiger partial charge in [0.1, 0.15) is 11.9 Å². The minimum absolute atomic E-state index is 0.0540. The van der Waals surface area contributed by atoms with Gasteiger partial charge < -0.3 is 14.4 Å². The van der Waals surface area contributed by atoms with Crippen molar-refractivity contribution in [2.45, 2.75) is 31.5 Å². The van der Waals surface area contributed by atoms with Crippen LogP contribution < -0.4 is 4.74 Å². The summed E-state index contributed by atoms with van der Waals surface area (Å²) in [4.78, 5) is 24.9. The molecule has 0 N–H and O–H groups in total. The summed E-state index contributed by atoms with van der Waals surface area (Å²) in [5.74, 6) is 0.634. The van der Waals surface area contributed by atoms with E-state index >= 15 is 0 Å². The van der Waals surface area contributed by atoms with E-state index in [0.717, 1.165) is 11.3 Å². The van der Waals surface area contributed by atoms with Crippen LogP contribution in [0.15, 0.2) is 24.3 Å². The van der Waals surface area contributed by atoms with Gasteiger partial charge in [0.05, 0.1) is 26.0 Å². The molecule has 1 aromatic rings. The summed E-state index contributed by atoms with van der Waals surface area (Å²) < 4.78 is 10.2. The lowest BCUT2D eigenvalue weighted by Gasteiger charge is -2.22. The van der Waals surface area contributed by atoms with Crippen LogP contribution in [0.2, 0.25) is 0 Å². The topological polar surface area (TPSA) is 55.8 Å². The molecule has 5 nitrogen and oxygen atoms in total. The van der Waals surface area contributed by atoms with Gasteiger partial charge in [0.25, 0.3) is 0 Å². The lowest BCUT2D eigenvalue weighted by Crippen LogP contribution is -2.34. The molecule has 3 rings (SSSR count).